The summed E-state index contributed by atoms with van der Waals surface area (Å²) in [5, 5.41) is 5.23. The molecule has 0 amide bonds. The molecule has 132 valence electrons. The molecule has 5 rings (SSSR count). The molecule has 1 N–H and O–H groups in total. The van der Waals surface area contributed by atoms with Crippen LogP contribution in [0.5, 0.6) is 0 Å². The molecule has 0 atom stereocenters. The fourth-order valence-corrected chi connectivity index (χ4v) is 3.82. The largest absolute Gasteiger partial charge is 0.361 e. The van der Waals surface area contributed by atoms with E-state index in [-0.39, 0.29) is 0 Å². The normalized spacial score (nSPS) is 11.5. The fraction of sp³-hybridized carbons (Fsp3) is 0.136. The summed E-state index contributed by atoms with van der Waals surface area (Å²) in [6.07, 6.45) is 1.82. The van der Waals surface area contributed by atoms with Crippen LogP contribution < -0.4 is 0 Å². The van der Waals surface area contributed by atoms with E-state index in [0.29, 0.717) is 0 Å². The molecule has 0 saturated heterocycles. The third kappa shape index (κ3) is 2.43. The van der Waals surface area contributed by atoms with Crippen LogP contribution in [0.15, 0.2) is 53.2 Å². The van der Waals surface area contributed by atoms with Crippen molar-refractivity contribution in [1.29, 1.82) is 0 Å². The summed E-state index contributed by atoms with van der Waals surface area (Å²) in [5.41, 5.74) is 8.10. The van der Waals surface area contributed by atoms with Crippen LogP contribution >= 0.6 is 0 Å². The molecule has 5 aromatic rings. The minimum Gasteiger partial charge on any atom is -0.361 e. The van der Waals surface area contributed by atoms with Gasteiger partial charge in [0.15, 0.2) is 0 Å². The Kier molecular flexibility index (Phi) is 3.37. The Balaban J connectivity index is 1.88. The zero-order valence-corrected chi connectivity index (χ0v) is 15.4. The maximum atomic E-state index is 5.40. The highest BCUT2D eigenvalue weighted by Crippen LogP contribution is 2.37. The molecule has 0 aliphatic heterocycles. The number of hydrogen-bond acceptors (Lipinski definition) is 4. The van der Waals surface area contributed by atoms with E-state index in [9.17, 15) is 0 Å². The molecule has 2 aromatic carbocycles. The van der Waals surface area contributed by atoms with Gasteiger partial charge < -0.3 is 9.51 Å². The van der Waals surface area contributed by atoms with Gasteiger partial charge in [-0.25, -0.2) is 4.98 Å². The number of benzene rings is 2. The summed E-state index contributed by atoms with van der Waals surface area (Å²) in [7, 11) is 0. The van der Waals surface area contributed by atoms with Gasteiger partial charge in [0.2, 0.25) is 0 Å². The SMILES string of the molecule is Cc1nc2c(-c3cccc4ncccc34)cc(-c3c(C)noc3C)cc2[nH]1. The van der Waals surface area contributed by atoms with E-state index in [0.717, 1.165) is 61.5 Å². The van der Waals surface area contributed by atoms with Gasteiger partial charge >= 0.3 is 0 Å². The lowest BCUT2D eigenvalue weighted by atomic mass is 9.94. The molecular weight excluding hydrogens is 336 g/mol. The minimum atomic E-state index is 0.814. The number of imidazole rings is 1. The first-order chi connectivity index (χ1) is 13.1. The smallest absolute Gasteiger partial charge is 0.141 e. The van der Waals surface area contributed by atoms with Crippen LogP contribution in [0.1, 0.15) is 17.3 Å². The number of nitrogens with zero attached hydrogens (tertiary/aromatic N) is 3. The Hall–Kier alpha value is -3.47. The first kappa shape index (κ1) is 15.8. The highest BCUT2D eigenvalue weighted by atomic mass is 16.5. The highest BCUT2D eigenvalue weighted by Gasteiger charge is 2.17. The quantitative estimate of drug-likeness (QED) is 0.463. The molecule has 0 aliphatic rings. The first-order valence-electron chi connectivity index (χ1n) is 8.89. The Bertz CT molecular complexity index is 1290. The van der Waals surface area contributed by atoms with Crippen LogP contribution in [-0.2, 0) is 0 Å². The van der Waals surface area contributed by atoms with Crippen LogP contribution in [0.3, 0.4) is 0 Å². The van der Waals surface area contributed by atoms with E-state index in [4.69, 9.17) is 9.51 Å². The summed E-state index contributed by atoms with van der Waals surface area (Å²) >= 11 is 0. The molecule has 27 heavy (non-hydrogen) atoms. The molecule has 5 nitrogen and oxygen atoms in total. The Morgan fingerprint density at radius 1 is 0.963 bits per heavy atom. The maximum absolute atomic E-state index is 5.40. The topological polar surface area (TPSA) is 67.6 Å². The van der Waals surface area contributed by atoms with Crippen LogP contribution in [0.2, 0.25) is 0 Å². The Morgan fingerprint density at radius 2 is 1.85 bits per heavy atom. The summed E-state index contributed by atoms with van der Waals surface area (Å²) in [6, 6.07) is 14.6. The van der Waals surface area contributed by atoms with E-state index in [2.05, 4.69) is 39.4 Å². The molecule has 3 aromatic heterocycles. The van der Waals surface area contributed by atoms with Gasteiger partial charge in [0, 0.05) is 22.7 Å². The standard InChI is InChI=1S/C22H18N4O/c1-12-21(13(2)27-26-12)15-10-18(22-20(11-15)24-14(3)25-22)16-6-4-8-19-17(16)7-5-9-23-19/h4-11H,1-3H3,(H,24,25). The molecule has 0 spiro atoms. The number of hydrogen-bond donors (Lipinski definition) is 1. The summed E-state index contributed by atoms with van der Waals surface area (Å²) in [5.74, 6) is 1.70. The number of fused-ring (bicyclic) bond motifs is 2. The summed E-state index contributed by atoms with van der Waals surface area (Å²) in [4.78, 5) is 12.6. The fourth-order valence-electron chi connectivity index (χ4n) is 3.82. The zero-order chi connectivity index (χ0) is 18.5. The minimum absolute atomic E-state index is 0.814. The van der Waals surface area contributed by atoms with Gasteiger partial charge in [0.1, 0.15) is 11.6 Å². The van der Waals surface area contributed by atoms with Crippen LogP contribution in [0.4, 0.5) is 0 Å². The monoisotopic (exact) mass is 354 g/mol. The van der Waals surface area contributed by atoms with E-state index < -0.39 is 0 Å². The zero-order valence-electron chi connectivity index (χ0n) is 15.4. The number of aromatic nitrogens is 4. The van der Waals surface area contributed by atoms with Gasteiger partial charge in [-0.05, 0) is 56.2 Å². The maximum Gasteiger partial charge on any atom is 0.141 e. The van der Waals surface area contributed by atoms with E-state index in [1.54, 1.807) is 0 Å². The van der Waals surface area contributed by atoms with Crippen LogP contribution in [0, 0.1) is 20.8 Å². The number of pyridine rings is 1. The second-order valence-electron chi connectivity index (χ2n) is 6.82. The highest BCUT2D eigenvalue weighted by molar-refractivity contribution is 6.04. The average Bonchev–Trinajstić information content (AvgIpc) is 3.21. The third-order valence-corrected chi connectivity index (χ3v) is 4.96. The summed E-state index contributed by atoms with van der Waals surface area (Å²) in [6.45, 7) is 5.89. The molecule has 0 fully saturated rings. The van der Waals surface area contributed by atoms with Crippen molar-refractivity contribution < 1.29 is 4.52 Å². The number of aryl methyl sites for hydroxylation is 3. The van der Waals surface area contributed by atoms with Gasteiger partial charge in [-0.2, -0.15) is 0 Å². The predicted molar refractivity (Wildman–Crippen MR) is 107 cm³/mol. The molecular formula is C22H18N4O. The first-order valence-corrected chi connectivity index (χ1v) is 8.89. The van der Waals surface area contributed by atoms with Crippen molar-refractivity contribution >= 4 is 21.9 Å². The van der Waals surface area contributed by atoms with Crippen molar-refractivity contribution in [1.82, 2.24) is 20.1 Å². The molecule has 0 aliphatic carbocycles. The van der Waals surface area contributed by atoms with Crippen molar-refractivity contribution in [2.45, 2.75) is 20.8 Å². The van der Waals surface area contributed by atoms with Crippen molar-refractivity contribution in [3.05, 3.63) is 65.9 Å². The molecule has 0 bridgehead atoms. The van der Waals surface area contributed by atoms with Gasteiger partial charge in [-0.1, -0.05) is 23.4 Å². The third-order valence-electron chi connectivity index (χ3n) is 4.96. The van der Waals surface area contributed by atoms with Gasteiger partial charge in [0.05, 0.1) is 22.2 Å². The number of H-pyrrole nitrogens is 1. The van der Waals surface area contributed by atoms with Crippen molar-refractivity contribution in [3.8, 4) is 22.3 Å². The van der Waals surface area contributed by atoms with Crippen LogP contribution in [-0.4, -0.2) is 20.1 Å². The van der Waals surface area contributed by atoms with Crippen LogP contribution in [0.25, 0.3) is 44.2 Å². The lowest BCUT2D eigenvalue weighted by molar-refractivity contribution is 0.393. The number of aromatic amines is 1. The molecule has 0 radical (unpaired) electrons. The number of nitrogens with one attached hydrogen (secondary N) is 1. The Labute approximate surface area is 156 Å². The van der Waals surface area contributed by atoms with E-state index in [1.807, 2.05) is 45.2 Å². The Morgan fingerprint density at radius 3 is 2.67 bits per heavy atom. The molecule has 5 heteroatoms. The molecule has 0 saturated carbocycles. The number of rotatable bonds is 2. The predicted octanol–water partition coefficient (Wildman–Crippen LogP) is 5.36. The lowest BCUT2D eigenvalue weighted by Gasteiger charge is -2.10. The van der Waals surface area contributed by atoms with Crippen molar-refractivity contribution in [3.63, 3.8) is 0 Å². The van der Waals surface area contributed by atoms with E-state index >= 15 is 0 Å². The summed E-state index contributed by atoms with van der Waals surface area (Å²) < 4.78 is 5.40. The molecule has 3 heterocycles. The second-order valence-corrected chi connectivity index (χ2v) is 6.82. The van der Waals surface area contributed by atoms with Crippen molar-refractivity contribution in [2.75, 3.05) is 0 Å². The lowest BCUT2D eigenvalue weighted by Crippen LogP contribution is -1.89. The van der Waals surface area contributed by atoms with Gasteiger partial charge in [-0.15, -0.1) is 0 Å². The van der Waals surface area contributed by atoms with Gasteiger partial charge in [-0.3, -0.25) is 4.98 Å². The average molecular weight is 354 g/mol. The van der Waals surface area contributed by atoms with Gasteiger partial charge in [0.25, 0.3) is 0 Å². The van der Waals surface area contributed by atoms with Crippen molar-refractivity contribution in [2.24, 2.45) is 0 Å². The second kappa shape index (κ2) is 5.77. The molecule has 0 unspecified atom stereocenters. The van der Waals surface area contributed by atoms with E-state index in [1.165, 1.54) is 0 Å².